The van der Waals surface area contributed by atoms with Gasteiger partial charge in [0.05, 0.1) is 7.11 Å². The third kappa shape index (κ3) is 6.62. The quantitative estimate of drug-likeness (QED) is 0.525. The van der Waals surface area contributed by atoms with Gasteiger partial charge in [0.15, 0.2) is 5.96 Å². The van der Waals surface area contributed by atoms with Crippen LogP contribution in [0, 0.1) is 12.8 Å². The van der Waals surface area contributed by atoms with E-state index in [1.54, 1.807) is 7.11 Å². The Balaban J connectivity index is 1.93. The van der Waals surface area contributed by atoms with Gasteiger partial charge in [0.25, 0.3) is 0 Å². The zero-order valence-corrected chi connectivity index (χ0v) is 17.2. The molecule has 2 aromatic rings. The van der Waals surface area contributed by atoms with Crippen LogP contribution in [-0.4, -0.2) is 35.7 Å². The first-order valence-corrected chi connectivity index (χ1v) is 9.69. The highest BCUT2D eigenvalue weighted by atomic mass is 16.5. The van der Waals surface area contributed by atoms with Gasteiger partial charge in [0.1, 0.15) is 18.1 Å². The first-order chi connectivity index (χ1) is 13.0. The fourth-order valence-corrected chi connectivity index (χ4v) is 2.89. The van der Waals surface area contributed by atoms with Crippen LogP contribution >= 0.6 is 0 Å². The maximum Gasteiger partial charge on any atom is 0.191 e. The molecule has 0 radical (unpaired) electrons. The molecule has 148 valence electrons. The lowest BCUT2D eigenvalue weighted by atomic mass is 10.1. The Morgan fingerprint density at radius 3 is 2.81 bits per heavy atom. The number of imidazole rings is 1. The molecule has 0 saturated heterocycles. The number of methoxy groups -OCH3 is 1. The van der Waals surface area contributed by atoms with Crippen LogP contribution in [0.3, 0.4) is 0 Å². The molecule has 1 heterocycles. The Hall–Kier alpha value is -2.50. The number of nitrogens with one attached hydrogen (secondary N) is 2. The molecule has 0 atom stereocenters. The molecule has 0 aliphatic carbocycles. The molecule has 0 aliphatic heterocycles. The molecule has 0 spiro atoms. The topological polar surface area (TPSA) is 63.5 Å². The van der Waals surface area contributed by atoms with E-state index in [4.69, 9.17) is 4.74 Å². The van der Waals surface area contributed by atoms with Crippen LogP contribution in [-0.2, 0) is 19.5 Å². The molecule has 1 aromatic carbocycles. The molecular formula is C21H33N5O. The number of benzene rings is 1. The first-order valence-electron chi connectivity index (χ1n) is 9.69. The molecule has 2 rings (SSSR count). The minimum atomic E-state index is 0.563. The standard InChI is InChI=1S/C21H33N5O/c1-6-22-21(25-14-20-23-11-12-26(20)15-16(2)3)24-10-9-18-8-7-17(4)19(13-18)27-5/h7-8,11-13,16H,6,9-10,14-15H2,1-5H3,(H2,22,24,25). The molecule has 2 N–H and O–H groups in total. The van der Waals surface area contributed by atoms with Crippen LogP contribution < -0.4 is 15.4 Å². The van der Waals surface area contributed by atoms with Crippen molar-refractivity contribution in [3.8, 4) is 5.75 Å². The van der Waals surface area contributed by atoms with Crippen molar-refractivity contribution in [2.45, 2.75) is 47.2 Å². The summed E-state index contributed by atoms with van der Waals surface area (Å²) < 4.78 is 7.58. The second kappa shape index (κ2) is 10.6. The Morgan fingerprint density at radius 1 is 1.30 bits per heavy atom. The van der Waals surface area contributed by atoms with Crippen LogP contribution in [0.1, 0.15) is 37.7 Å². The number of rotatable bonds is 9. The number of nitrogens with zero attached hydrogens (tertiary/aromatic N) is 3. The highest BCUT2D eigenvalue weighted by Crippen LogP contribution is 2.19. The summed E-state index contributed by atoms with van der Waals surface area (Å²) in [5.41, 5.74) is 2.40. The van der Waals surface area contributed by atoms with Gasteiger partial charge in [-0.1, -0.05) is 26.0 Å². The lowest BCUT2D eigenvalue weighted by Gasteiger charge is -2.13. The molecule has 0 fully saturated rings. The monoisotopic (exact) mass is 371 g/mol. The van der Waals surface area contributed by atoms with Crippen molar-refractivity contribution in [1.82, 2.24) is 20.2 Å². The van der Waals surface area contributed by atoms with Gasteiger partial charge in [-0.05, 0) is 43.4 Å². The predicted octanol–water partition coefficient (Wildman–Crippen LogP) is 3.15. The predicted molar refractivity (Wildman–Crippen MR) is 111 cm³/mol. The number of aryl methyl sites for hydroxylation is 1. The lowest BCUT2D eigenvalue weighted by Crippen LogP contribution is -2.38. The zero-order chi connectivity index (χ0) is 19.6. The Labute approximate surface area is 163 Å². The van der Waals surface area contributed by atoms with Crippen molar-refractivity contribution in [3.63, 3.8) is 0 Å². The molecule has 6 nitrogen and oxygen atoms in total. The van der Waals surface area contributed by atoms with Gasteiger partial charge in [0, 0.05) is 32.0 Å². The maximum atomic E-state index is 5.40. The normalized spacial score (nSPS) is 11.7. The summed E-state index contributed by atoms with van der Waals surface area (Å²) in [7, 11) is 1.71. The highest BCUT2D eigenvalue weighted by molar-refractivity contribution is 5.79. The number of ether oxygens (including phenoxy) is 1. The fraction of sp³-hybridized carbons (Fsp3) is 0.524. The fourth-order valence-electron chi connectivity index (χ4n) is 2.89. The molecule has 0 unspecified atom stereocenters. The molecule has 1 aromatic heterocycles. The Bertz CT molecular complexity index is 736. The van der Waals surface area contributed by atoms with Gasteiger partial charge in [-0.15, -0.1) is 0 Å². The minimum absolute atomic E-state index is 0.563. The van der Waals surface area contributed by atoms with E-state index in [9.17, 15) is 0 Å². The highest BCUT2D eigenvalue weighted by Gasteiger charge is 2.05. The van der Waals surface area contributed by atoms with E-state index in [1.807, 2.05) is 12.4 Å². The molecule has 0 bridgehead atoms. The lowest BCUT2D eigenvalue weighted by molar-refractivity contribution is 0.411. The molecule has 0 saturated carbocycles. The summed E-state index contributed by atoms with van der Waals surface area (Å²) >= 11 is 0. The van der Waals surface area contributed by atoms with Gasteiger partial charge >= 0.3 is 0 Å². The number of aliphatic imine (C=N–C) groups is 1. The Morgan fingerprint density at radius 2 is 2.11 bits per heavy atom. The van der Waals surface area contributed by atoms with E-state index in [0.717, 1.165) is 49.2 Å². The van der Waals surface area contributed by atoms with Crippen molar-refractivity contribution in [1.29, 1.82) is 0 Å². The van der Waals surface area contributed by atoms with Crippen LogP contribution in [0.5, 0.6) is 5.75 Å². The van der Waals surface area contributed by atoms with E-state index in [2.05, 4.69) is 71.1 Å². The van der Waals surface area contributed by atoms with Gasteiger partial charge in [-0.3, -0.25) is 0 Å². The van der Waals surface area contributed by atoms with Crippen LogP contribution in [0.2, 0.25) is 0 Å². The average molecular weight is 372 g/mol. The zero-order valence-electron chi connectivity index (χ0n) is 17.2. The van der Waals surface area contributed by atoms with Gasteiger partial charge in [0.2, 0.25) is 0 Å². The average Bonchev–Trinajstić information content (AvgIpc) is 3.07. The van der Waals surface area contributed by atoms with E-state index in [-0.39, 0.29) is 0 Å². The maximum absolute atomic E-state index is 5.40. The number of hydrogen-bond acceptors (Lipinski definition) is 3. The molecule has 0 aliphatic rings. The molecule has 27 heavy (non-hydrogen) atoms. The third-order valence-electron chi connectivity index (χ3n) is 4.26. The summed E-state index contributed by atoms with van der Waals surface area (Å²) in [6.07, 6.45) is 4.78. The SMILES string of the molecule is CCNC(=NCc1nccn1CC(C)C)NCCc1ccc(C)c(OC)c1. The molecule has 0 amide bonds. The van der Waals surface area contributed by atoms with Crippen molar-refractivity contribution < 1.29 is 4.74 Å². The van der Waals surface area contributed by atoms with Crippen molar-refractivity contribution in [2.24, 2.45) is 10.9 Å². The van der Waals surface area contributed by atoms with Gasteiger partial charge in [-0.25, -0.2) is 9.98 Å². The first kappa shape index (κ1) is 20.8. The molecule has 6 heteroatoms. The van der Waals surface area contributed by atoms with Crippen molar-refractivity contribution in [3.05, 3.63) is 47.5 Å². The smallest absolute Gasteiger partial charge is 0.191 e. The third-order valence-corrected chi connectivity index (χ3v) is 4.26. The summed E-state index contributed by atoms with van der Waals surface area (Å²) in [5.74, 6) is 3.32. The largest absolute Gasteiger partial charge is 0.496 e. The minimum Gasteiger partial charge on any atom is -0.496 e. The van der Waals surface area contributed by atoms with E-state index in [1.165, 1.54) is 5.56 Å². The van der Waals surface area contributed by atoms with Gasteiger partial charge < -0.3 is 19.9 Å². The van der Waals surface area contributed by atoms with E-state index >= 15 is 0 Å². The summed E-state index contributed by atoms with van der Waals surface area (Å²) in [4.78, 5) is 9.13. The van der Waals surface area contributed by atoms with Crippen LogP contribution in [0.15, 0.2) is 35.6 Å². The number of guanidine groups is 1. The number of aromatic nitrogens is 2. The van der Waals surface area contributed by atoms with Crippen molar-refractivity contribution >= 4 is 5.96 Å². The summed E-state index contributed by atoms with van der Waals surface area (Å²) in [5, 5.41) is 6.71. The van der Waals surface area contributed by atoms with Crippen LogP contribution in [0.4, 0.5) is 0 Å². The van der Waals surface area contributed by atoms with E-state index in [0.29, 0.717) is 12.5 Å². The van der Waals surface area contributed by atoms with Crippen molar-refractivity contribution in [2.75, 3.05) is 20.2 Å². The summed E-state index contributed by atoms with van der Waals surface area (Å²) in [6.45, 7) is 11.7. The summed E-state index contributed by atoms with van der Waals surface area (Å²) in [6, 6.07) is 6.35. The molecular weight excluding hydrogens is 338 g/mol. The van der Waals surface area contributed by atoms with Crippen LogP contribution in [0.25, 0.3) is 0 Å². The van der Waals surface area contributed by atoms with Gasteiger partial charge in [-0.2, -0.15) is 0 Å². The van der Waals surface area contributed by atoms with E-state index < -0.39 is 0 Å². The Kier molecular flexibility index (Phi) is 8.17. The number of hydrogen-bond donors (Lipinski definition) is 2. The second-order valence-corrected chi connectivity index (χ2v) is 7.07. The second-order valence-electron chi connectivity index (χ2n) is 7.07.